The molecule has 0 bridgehead atoms. The van der Waals surface area contributed by atoms with Gasteiger partial charge in [-0.15, -0.1) is 0 Å². The number of anilines is 1. The van der Waals surface area contributed by atoms with Gasteiger partial charge in [-0.3, -0.25) is 4.98 Å². The van der Waals surface area contributed by atoms with Gasteiger partial charge in [0, 0.05) is 18.9 Å². The molecule has 1 unspecified atom stereocenters. The Labute approximate surface area is 148 Å². The number of hydrogen-bond acceptors (Lipinski definition) is 3. The minimum Gasteiger partial charge on any atom is -0.320 e. The van der Waals surface area contributed by atoms with Crippen molar-refractivity contribution in [3.05, 3.63) is 72.1 Å². The van der Waals surface area contributed by atoms with Gasteiger partial charge in [0.1, 0.15) is 5.66 Å². The maximum atomic E-state index is 5.78. The fourth-order valence-corrected chi connectivity index (χ4v) is 3.30. The number of hydrazine groups is 1. The van der Waals surface area contributed by atoms with Crippen LogP contribution in [-0.2, 0) is 5.66 Å². The number of pyridine rings is 1. The Morgan fingerprint density at radius 3 is 2.42 bits per heavy atom. The molecule has 0 radical (unpaired) electrons. The van der Waals surface area contributed by atoms with Crippen molar-refractivity contribution in [3.63, 3.8) is 0 Å². The van der Waals surface area contributed by atoms with Crippen LogP contribution in [-0.4, -0.2) is 21.5 Å². The van der Waals surface area contributed by atoms with Gasteiger partial charge in [-0.05, 0) is 62.8 Å². The largest absolute Gasteiger partial charge is 0.320 e. The highest BCUT2D eigenvalue weighted by atomic mass is 32.1. The molecule has 1 N–H and O–H groups in total. The molecule has 1 atom stereocenters. The van der Waals surface area contributed by atoms with Crippen LogP contribution in [0.15, 0.2) is 60.9 Å². The molecule has 0 saturated carbocycles. The third kappa shape index (κ3) is 2.92. The first-order valence-corrected chi connectivity index (χ1v) is 8.34. The summed E-state index contributed by atoms with van der Waals surface area (Å²) in [7, 11) is 0. The summed E-state index contributed by atoms with van der Waals surface area (Å²) in [6.45, 7) is 11.0. The highest BCUT2D eigenvalue weighted by molar-refractivity contribution is 7.80. The van der Waals surface area contributed by atoms with Crippen LogP contribution in [0, 0.1) is 6.92 Å². The van der Waals surface area contributed by atoms with E-state index >= 15 is 0 Å². The van der Waals surface area contributed by atoms with Crippen molar-refractivity contribution in [1.82, 2.24) is 15.3 Å². The second-order valence-electron chi connectivity index (χ2n) is 6.42. The number of benzene rings is 1. The van der Waals surface area contributed by atoms with Crippen LogP contribution in [0.3, 0.4) is 0 Å². The van der Waals surface area contributed by atoms with E-state index in [0.29, 0.717) is 6.54 Å². The molecule has 1 aromatic heterocycles. The molecule has 1 saturated heterocycles. The molecule has 1 aromatic carbocycles. The molecule has 124 valence electrons. The highest BCUT2D eigenvalue weighted by Crippen LogP contribution is 2.34. The predicted molar refractivity (Wildman–Crippen MR) is 103 cm³/mol. The van der Waals surface area contributed by atoms with E-state index < -0.39 is 5.66 Å². The standard InChI is InChI=1S/C19H22N4S/c1-14(2)13-22-18(24)23(17-7-5-15(3)6-8-17)21-19(22,4)16-9-11-20-12-10-16/h5-12,21H,1,13H2,2-4H3. The summed E-state index contributed by atoms with van der Waals surface area (Å²) in [5.74, 6) is 0. The first kappa shape index (κ1) is 16.6. The van der Waals surface area contributed by atoms with Gasteiger partial charge in [0.25, 0.3) is 0 Å². The third-order valence-corrected chi connectivity index (χ3v) is 4.66. The highest BCUT2D eigenvalue weighted by Gasteiger charge is 2.45. The van der Waals surface area contributed by atoms with E-state index in [4.69, 9.17) is 12.2 Å². The Morgan fingerprint density at radius 1 is 1.21 bits per heavy atom. The Kier molecular flexibility index (Phi) is 4.39. The zero-order valence-corrected chi connectivity index (χ0v) is 15.1. The van der Waals surface area contributed by atoms with Crippen molar-refractivity contribution in [3.8, 4) is 0 Å². The first-order chi connectivity index (χ1) is 11.4. The number of aryl methyl sites for hydroxylation is 1. The first-order valence-electron chi connectivity index (χ1n) is 7.93. The van der Waals surface area contributed by atoms with Gasteiger partial charge in [0.05, 0.1) is 5.69 Å². The van der Waals surface area contributed by atoms with Crippen molar-refractivity contribution in [2.75, 3.05) is 11.6 Å². The molecular weight excluding hydrogens is 316 g/mol. The van der Waals surface area contributed by atoms with Crippen molar-refractivity contribution < 1.29 is 0 Å². The van der Waals surface area contributed by atoms with Crippen LogP contribution in [0.1, 0.15) is 25.0 Å². The summed E-state index contributed by atoms with van der Waals surface area (Å²) in [6, 6.07) is 12.4. The van der Waals surface area contributed by atoms with Crippen LogP contribution >= 0.6 is 12.2 Å². The van der Waals surface area contributed by atoms with E-state index in [0.717, 1.165) is 21.9 Å². The summed E-state index contributed by atoms with van der Waals surface area (Å²) < 4.78 is 0. The average molecular weight is 338 g/mol. The van der Waals surface area contributed by atoms with E-state index in [-0.39, 0.29) is 0 Å². The quantitative estimate of drug-likeness (QED) is 0.678. The molecule has 2 heterocycles. The summed E-state index contributed by atoms with van der Waals surface area (Å²) in [6.07, 6.45) is 3.61. The van der Waals surface area contributed by atoms with Crippen molar-refractivity contribution in [1.29, 1.82) is 0 Å². The lowest BCUT2D eigenvalue weighted by Gasteiger charge is -2.34. The minimum atomic E-state index is -0.455. The van der Waals surface area contributed by atoms with E-state index in [1.54, 1.807) is 12.4 Å². The average Bonchev–Trinajstić information content (AvgIpc) is 2.82. The molecule has 24 heavy (non-hydrogen) atoms. The third-order valence-electron chi connectivity index (χ3n) is 4.25. The zero-order chi connectivity index (χ0) is 17.3. The van der Waals surface area contributed by atoms with Gasteiger partial charge in [0.2, 0.25) is 0 Å². The van der Waals surface area contributed by atoms with Gasteiger partial charge in [-0.1, -0.05) is 29.8 Å². The van der Waals surface area contributed by atoms with E-state index in [9.17, 15) is 0 Å². The van der Waals surface area contributed by atoms with Crippen LogP contribution in [0.25, 0.3) is 0 Å². The SMILES string of the molecule is C=C(C)CN1C(=S)N(c2ccc(C)cc2)NC1(C)c1ccncc1. The molecule has 4 nitrogen and oxygen atoms in total. The zero-order valence-electron chi connectivity index (χ0n) is 14.3. The molecule has 0 amide bonds. The summed E-state index contributed by atoms with van der Waals surface area (Å²) in [5.41, 5.74) is 7.53. The van der Waals surface area contributed by atoms with Crippen LogP contribution in [0.5, 0.6) is 0 Å². The maximum absolute atomic E-state index is 5.78. The topological polar surface area (TPSA) is 31.4 Å². The lowest BCUT2D eigenvalue weighted by atomic mass is 10.0. The van der Waals surface area contributed by atoms with Gasteiger partial charge >= 0.3 is 0 Å². The fourth-order valence-electron chi connectivity index (χ4n) is 2.90. The van der Waals surface area contributed by atoms with E-state index in [1.807, 2.05) is 24.1 Å². The Balaban J connectivity index is 2.02. The monoisotopic (exact) mass is 338 g/mol. The maximum Gasteiger partial charge on any atom is 0.193 e. The summed E-state index contributed by atoms with van der Waals surface area (Å²) in [5, 5.41) is 2.71. The van der Waals surface area contributed by atoms with Crippen molar-refractivity contribution in [2.45, 2.75) is 26.4 Å². The van der Waals surface area contributed by atoms with Gasteiger partial charge in [-0.25, -0.2) is 5.01 Å². The lowest BCUT2D eigenvalue weighted by Crippen LogP contribution is -2.48. The molecule has 0 aliphatic carbocycles. The number of nitrogens with zero attached hydrogens (tertiary/aromatic N) is 3. The van der Waals surface area contributed by atoms with Gasteiger partial charge in [0.15, 0.2) is 5.11 Å². The molecule has 1 fully saturated rings. The Bertz CT molecular complexity index is 757. The summed E-state index contributed by atoms with van der Waals surface area (Å²) >= 11 is 5.78. The van der Waals surface area contributed by atoms with Crippen LogP contribution < -0.4 is 10.4 Å². The second kappa shape index (κ2) is 6.34. The number of aromatic nitrogens is 1. The number of rotatable bonds is 4. The van der Waals surface area contributed by atoms with Crippen LogP contribution in [0.4, 0.5) is 5.69 Å². The number of nitrogens with one attached hydrogen (secondary N) is 1. The Hall–Kier alpha value is -2.24. The molecular formula is C19H22N4S. The molecule has 1 aliphatic heterocycles. The van der Waals surface area contributed by atoms with E-state index in [1.165, 1.54) is 5.56 Å². The van der Waals surface area contributed by atoms with Crippen molar-refractivity contribution >= 4 is 23.0 Å². The number of thiocarbonyl (C=S) groups is 1. The van der Waals surface area contributed by atoms with E-state index in [2.05, 4.69) is 60.0 Å². The molecule has 2 aromatic rings. The normalized spacial score (nSPS) is 20.5. The summed E-state index contributed by atoms with van der Waals surface area (Å²) in [4.78, 5) is 6.30. The molecule has 1 aliphatic rings. The van der Waals surface area contributed by atoms with Crippen molar-refractivity contribution in [2.24, 2.45) is 0 Å². The lowest BCUT2D eigenvalue weighted by molar-refractivity contribution is 0.201. The second-order valence-corrected chi connectivity index (χ2v) is 6.78. The molecule has 5 heteroatoms. The van der Waals surface area contributed by atoms with Gasteiger partial charge < -0.3 is 4.90 Å². The molecule has 3 rings (SSSR count). The van der Waals surface area contributed by atoms with Crippen LogP contribution in [0.2, 0.25) is 0 Å². The predicted octanol–water partition coefficient (Wildman–Crippen LogP) is 3.75. The Morgan fingerprint density at radius 2 is 1.83 bits per heavy atom. The minimum absolute atomic E-state index is 0.455. The smallest absolute Gasteiger partial charge is 0.193 e. The number of hydrogen-bond donors (Lipinski definition) is 1. The fraction of sp³-hybridized carbons (Fsp3) is 0.263. The molecule has 0 spiro atoms. The van der Waals surface area contributed by atoms with Gasteiger partial charge in [-0.2, -0.15) is 5.43 Å².